The number of hydrogen-bond donors (Lipinski definition) is 1. The lowest BCUT2D eigenvalue weighted by atomic mass is 9.73. The number of aromatic nitrogens is 1. The Morgan fingerprint density at radius 1 is 1.35 bits per heavy atom. The van der Waals surface area contributed by atoms with E-state index in [9.17, 15) is 0 Å². The number of fused-ring (bicyclic) bond motifs is 1. The second-order valence-corrected chi connectivity index (χ2v) is 6.71. The predicted molar refractivity (Wildman–Crippen MR) is 83.9 cm³/mol. The van der Waals surface area contributed by atoms with Crippen LogP contribution in [0.3, 0.4) is 0 Å². The van der Waals surface area contributed by atoms with Crippen molar-refractivity contribution in [2.24, 2.45) is 11.8 Å². The average molecular weight is 272 g/mol. The molecule has 0 spiro atoms. The van der Waals surface area contributed by atoms with E-state index in [1.807, 2.05) is 6.20 Å². The molecule has 0 aliphatic heterocycles. The molecule has 1 heterocycles. The molecule has 1 fully saturated rings. The summed E-state index contributed by atoms with van der Waals surface area (Å²) in [6, 6.07) is 4.98. The fourth-order valence-corrected chi connectivity index (χ4v) is 4.59. The molecule has 2 nitrogen and oxygen atoms in total. The van der Waals surface area contributed by atoms with E-state index in [0.29, 0.717) is 12.0 Å². The molecule has 1 N–H and O–H groups in total. The molecule has 2 heteroatoms. The minimum absolute atomic E-state index is 0.625. The molecule has 2 aliphatic carbocycles. The van der Waals surface area contributed by atoms with Crippen molar-refractivity contribution in [3.8, 4) is 0 Å². The van der Waals surface area contributed by atoms with Crippen LogP contribution in [0.4, 0.5) is 0 Å². The quantitative estimate of drug-likeness (QED) is 0.898. The van der Waals surface area contributed by atoms with Gasteiger partial charge in [0, 0.05) is 23.9 Å². The number of nitrogens with one attached hydrogen (secondary N) is 1. The summed E-state index contributed by atoms with van der Waals surface area (Å²) in [6.45, 7) is 2.36. The molecular weight excluding hydrogens is 244 g/mol. The fraction of sp³-hybridized carbons (Fsp3) is 0.722. The summed E-state index contributed by atoms with van der Waals surface area (Å²) < 4.78 is 0. The number of aryl methyl sites for hydroxylation is 1. The zero-order valence-electron chi connectivity index (χ0n) is 12.9. The van der Waals surface area contributed by atoms with E-state index in [0.717, 1.165) is 11.8 Å². The molecule has 0 bridgehead atoms. The Balaban J connectivity index is 1.77. The fourth-order valence-electron chi connectivity index (χ4n) is 4.59. The summed E-state index contributed by atoms with van der Waals surface area (Å²) >= 11 is 0. The van der Waals surface area contributed by atoms with Gasteiger partial charge < -0.3 is 5.32 Å². The molecule has 1 aromatic heterocycles. The molecule has 3 rings (SSSR count). The Hall–Kier alpha value is -0.890. The highest BCUT2D eigenvalue weighted by Gasteiger charge is 2.36. The van der Waals surface area contributed by atoms with Gasteiger partial charge in [0.1, 0.15) is 0 Å². The smallest absolute Gasteiger partial charge is 0.0482 e. The SMILES string of the molecule is CCC1CCCC(C(NC)C2CCc3cccnc32)C1. The molecule has 0 amide bonds. The molecule has 20 heavy (non-hydrogen) atoms. The summed E-state index contributed by atoms with van der Waals surface area (Å²) in [4.78, 5) is 4.70. The lowest BCUT2D eigenvalue weighted by Gasteiger charge is -2.37. The zero-order chi connectivity index (χ0) is 13.9. The van der Waals surface area contributed by atoms with Crippen LogP contribution in [0.1, 0.15) is 62.6 Å². The van der Waals surface area contributed by atoms with Gasteiger partial charge in [-0.1, -0.05) is 32.3 Å². The highest BCUT2D eigenvalue weighted by molar-refractivity contribution is 5.30. The Labute approximate surface area is 123 Å². The maximum absolute atomic E-state index is 4.70. The monoisotopic (exact) mass is 272 g/mol. The minimum atomic E-state index is 0.625. The molecule has 1 aromatic rings. The molecular formula is C18H28N2. The van der Waals surface area contributed by atoms with Gasteiger partial charge in [0.25, 0.3) is 0 Å². The summed E-state index contributed by atoms with van der Waals surface area (Å²) in [7, 11) is 2.15. The Kier molecular flexibility index (Phi) is 4.40. The average Bonchev–Trinajstić information content (AvgIpc) is 2.93. The van der Waals surface area contributed by atoms with Gasteiger partial charge in [0.05, 0.1) is 0 Å². The first-order valence-electron chi connectivity index (χ1n) is 8.44. The second kappa shape index (κ2) is 6.26. The number of hydrogen-bond acceptors (Lipinski definition) is 2. The van der Waals surface area contributed by atoms with Crippen LogP contribution in [0.2, 0.25) is 0 Å². The largest absolute Gasteiger partial charge is 0.316 e. The van der Waals surface area contributed by atoms with E-state index in [4.69, 9.17) is 4.98 Å². The maximum Gasteiger partial charge on any atom is 0.0482 e. The Morgan fingerprint density at radius 2 is 2.25 bits per heavy atom. The van der Waals surface area contributed by atoms with E-state index < -0.39 is 0 Å². The van der Waals surface area contributed by atoms with Crippen LogP contribution in [0.15, 0.2) is 18.3 Å². The van der Waals surface area contributed by atoms with Gasteiger partial charge in [-0.15, -0.1) is 0 Å². The predicted octanol–water partition coefficient (Wildman–Crippen LogP) is 3.92. The molecule has 2 aliphatic rings. The Bertz CT molecular complexity index is 443. The van der Waals surface area contributed by atoms with Gasteiger partial charge in [-0.2, -0.15) is 0 Å². The van der Waals surface area contributed by atoms with E-state index in [-0.39, 0.29) is 0 Å². The van der Waals surface area contributed by atoms with Crippen molar-refractivity contribution in [1.82, 2.24) is 10.3 Å². The summed E-state index contributed by atoms with van der Waals surface area (Å²) in [6.07, 6.45) is 11.5. The minimum Gasteiger partial charge on any atom is -0.316 e. The highest BCUT2D eigenvalue weighted by atomic mass is 14.9. The van der Waals surface area contributed by atoms with Crippen LogP contribution in [0.25, 0.3) is 0 Å². The molecule has 1 saturated carbocycles. The first-order valence-corrected chi connectivity index (χ1v) is 8.44. The lowest BCUT2D eigenvalue weighted by Crippen LogP contribution is -2.40. The van der Waals surface area contributed by atoms with Gasteiger partial charge in [0.15, 0.2) is 0 Å². The maximum atomic E-state index is 4.70. The summed E-state index contributed by atoms with van der Waals surface area (Å²) in [5, 5.41) is 3.66. The van der Waals surface area contributed by atoms with E-state index in [1.54, 1.807) is 0 Å². The number of pyridine rings is 1. The van der Waals surface area contributed by atoms with Crippen molar-refractivity contribution < 1.29 is 0 Å². The standard InChI is InChI=1S/C18H28N2/c1-3-13-6-4-7-15(12-13)17(19-2)16-10-9-14-8-5-11-20-18(14)16/h5,8,11,13,15-17,19H,3-4,6-7,9-10,12H2,1-2H3. The second-order valence-electron chi connectivity index (χ2n) is 6.71. The van der Waals surface area contributed by atoms with Gasteiger partial charge in [-0.05, 0) is 56.2 Å². The van der Waals surface area contributed by atoms with Gasteiger partial charge in [-0.25, -0.2) is 0 Å². The molecule has 4 unspecified atom stereocenters. The molecule has 0 aromatic carbocycles. The van der Waals surface area contributed by atoms with Crippen molar-refractivity contribution in [1.29, 1.82) is 0 Å². The zero-order valence-corrected chi connectivity index (χ0v) is 12.9. The van der Waals surface area contributed by atoms with Crippen molar-refractivity contribution >= 4 is 0 Å². The number of rotatable bonds is 4. The summed E-state index contributed by atoms with van der Waals surface area (Å²) in [5.74, 6) is 2.43. The lowest BCUT2D eigenvalue weighted by molar-refractivity contribution is 0.194. The first-order chi connectivity index (χ1) is 9.83. The van der Waals surface area contributed by atoms with Crippen LogP contribution in [0.5, 0.6) is 0 Å². The molecule has 4 atom stereocenters. The first kappa shape index (κ1) is 14.1. The van der Waals surface area contributed by atoms with E-state index >= 15 is 0 Å². The highest BCUT2D eigenvalue weighted by Crippen LogP contribution is 2.41. The van der Waals surface area contributed by atoms with Crippen molar-refractivity contribution in [2.75, 3.05) is 7.05 Å². The normalized spacial score (nSPS) is 31.0. The van der Waals surface area contributed by atoms with Crippen LogP contribution in [0, 0.1) is 11.8 Å². The third kappa shape index (κ3) is 2.63. The molecule has 0 saturated heterocycles. The number of likely N-dealkylation sites (N-methyl/N-ethyl adjacent to an activating group) is 1. The van der Waals surface area contributed by atoms with Crippen molar-refractivity contribution in [3.63, 3.8) is 0 Å². The van der Waals surface area contributed by atoms with Crippen LogP contribution in [-0.4, -0.2) is 18.1 Å². The van der Waals surface area contributed by atoms with E-state index in [1.165, 1.54) is 56.2 Å². The third-order valence-electron chi connectivity index (χ3n) is 5.68. The van der Waals surface area contributed by atoms with Crippen LogP contribution < -0.4 is 5.32 Å². The Morgan fingerprint density at radius 3 is 3.05 bits per heavy atom. The van der Waals surface area contributed by atoms with Gasteiger partial charge in [0.2, 0.25) is 0 Å². The molecule has 110 valence electrons. The van der Waals surface area contributed by atoms with E-state index in [2.05, 4.69) is 31.4 Å². The summed E-state index contributed by atoms with van der Waals surface area (Å²) in [5.41, 5.74) is 2.87. The van der Waals surface area contributed by atoms with Crippen molar-refractivity contribution in [2.45, 2.75) is 63.8 Å². The van der Waals surface area contributed by atoms with Crippen LogP contribution in [-0.2, 0) is 6.42 Å². The van der Waals surface area contributed by atoms with Crippen LogP contribution >= 0.6 is 0 Å². The topological polar surface area (TPSA) is 24.9 Å². The van der Waals surface area contributed by atoms with Crippen molar-refractivity contribution in [3.05, 3.63) is 29.6 Å². The third-order valence-corrected chi connectivity index (χ3v) is 5.68. The number of nitrogens with zero attached hydrogens (tertiary/aromatic N) is 1. The van der Waals surface area contributed by atoms with Gasteiger partial charge >= 0.3 is 0 Å². The van der Waals surface area contributed by atoms with Gasteiger partial charge in [-0.3, -0.25) is 4.98 Å². The molecule has 0 radical (unpaired) electrons.